The molecule has 2 rings (SSSR count). The number of hydrogen-bond acceptors (Lipinski definition) is 5. The van der Waals surface area contributed by atoms with Gasteiger partial charge in [0.2, 0.25) is 0 Å². The van der Waals surface area contributed by atoms with Crippen molar-refractivity contribution in [2.24, 2.45) is 0 Å². The number of methoxy groups -OCH3 is 1. The number of nitrogens with zero attached hydrogens (tertiary/aromatic N) is 1. The first-order valence-electron chi connectivity index (χ1n) is 7.06. The number of carbonyl (C=O) groups is 1. The molecule has 2 aromatic rings. The van der Waals surface area contributed by atoms with Gasteiger partial charge in [-0.3, -0.25) is 0 Å². The van der Waals surface area contributed by atoms with Crippen LogP contribution in [0.1, 0.15) is 24.3 Å². The number of benzene rings is 1. The van der Waals surface area contributed by atoms with Crippen LogP contribution in [0.3, 0.4) is 0 Å². The molecule has 1 heterocycles. The van der Waals surface area contributed by atoms with Crippen LogP contribution >= 0.6 is 23.2 Å². The minimum atomic E-state index is -1.07. The number of halogens is 4. The highest BCUT2D eigenvalue weighted by molar-refractivity contribution is 6.36. The summed E-state index contributed by atoms with van der Waals surface area (Å²) in [5, 5.41) is -0.418. The van der Waals surface area contributed by atoms with Gasteiger partial charge in [0.1, 0.15) is 5.69 Å². The molecule has 0 aliphatic heterocycles. The van der Waals surface area contributed by atoms with Crippen LogP contribution in [0, 0.1) is 11.6 Å². The van der Waals surface area contributed by atoms with E-state index in [1.165, 1.54) is 19.2 Å². The summed E-state index contributed by atoms with van der Waals surface area (Å²) in [6.07, 6.45) is -0.465. The molecule has 0 amide bonds. The van der Waals surface area contributed by atoms with Gasteiger partial charge in [0, 0.05) is 5.56 Å². The zero-order valence-electron chi connectivity index (χ0n) is 13.5. The van der Waals surface area contributed by atoms with Crippen molar-refractivity contribution >= 4 is 34.9 Å². The summed E-state index contributed by atoms with van der Waals surface area (Å²) in [5.74, 6) is -3.23. The maximum Gasteiger partial charge on any atom is 0.358 e. The van der Waals surface area contributed by atoms with E-state index in [1.807, 2.05) is 0 Å². The van der Waals surface area contributed by atoms with Gasteiger partial charge < -0.3 is 15.2 Å². The van der Waals surface area contributed by atoms with Crippen LogP contribution in [0.15, 0.2) is 12.1 Å². The monoisotopic (exact) mass is 390 g/mol. The van der Waals surface area contributed by atoms with Crippen LogP contribution in [0.5, 0.6) is 5.75 Å². The van der Waals surface area contributed by atoms with E-state index in [2.05, 4.69) is 4.98 Å². The Balaban J connectivity index is 2.71. The van der Waals surface area contributed by atoms with Crippen LogP contribution < -0.4 is 10.5 Å². The first-order chi connectivity index (χ1) is 11.7. The molecule has 0 spiro atoms. The average molecular weight is 391 g/mol. The molecule has 0 aliphatic rings. The van der Waals surface area contributed by atoms with E-state index >= 15 is 0 Å². The quantitative estimate of drug-likeness (QED) is 0.778. The van der Waals surface area contributed by atoms with Crippen molar-refractivity contribution in [2.75, 3.05) is 12.8 Å². The SMILES string of the molecule is COc1c(Cl)ccc(-c2nc(C(=O)OC(C)C)c(Cl)c(N)c2F)c1F. The predicted octanol–water partition coefficient (Wildman–Crippen LogP) is 4.49. The van der Waals surface area contributed by atoms with Gasteiger partial charge >= 0.3 is 5.97 Å². The summed E-state index contributed by atoms with van der Waals surface area (Å²) in [6, 6.07) is 2.49. The van der Waals surface area contributed by atoms with Gasteiger partial charge in [-0.1, -0.05) is 23.2 Å². The zero-order chi connectivity index (χ0) is 18.9. The maximum atomic E-state index is 14.6. The van der Waals surface area contributed by atoms with Crippen LogP contribution in [0.25, 0.3) is 11.3 Å². The second-order valence-corrected chi connectivity index (χ2v) is 6.03. The minimum Gasteiger partial charge on any atom is -0.492 e. The van der Waals surface area contributed by atoms with Gasteiger partial charge in [0.25, 0.3) is 0 Å². The molecule has 0 atom stereocenters. The third-order valence-corrected chi connectivity index (χ3v) is 3.84. The van der Waals surface area contributed by atoms with Crippen LogP contribution in [0.2, 0.25) is 10.0 Å². The minimum absolute atomic E-state index is 0.00876. The normalized spacial score (nSPS) is 10.9. The molecule has 0 fully saturated rings. The van der Waals surface area contributed by atoms with E-state index in [1.54, 1.807) is 13.8 Å². The fraction of sp³-hybridized carbons (Fsp3) is 0.250. The Morgan fingerprint density at radius 3 is 2.44 bits per heavy atom. The third-order valence-electron chi connectivity index (χ3n) is 3.16. The third kappa shape index (κ3) is 3.62. The van der Waals surface area contributed by atoms with Crippen molar-refractivity contribution in [1.29, 1.82) is 0 Å². The topological polar surface area (TPSA) is 74.4 Å². The first kappa shape index (κ1) is 19.2. The number of anilines is 1. The van der Waals surface area contributed by atoms with Crippen LogP contribution in [-0.2, 0) is 4.74 Å². The lowest BCUT2D eigenvalue weighted by atomic mass is 10.1. The lowest BCUT2D eigenvalue weighted by Crippen LogP contribution is -2.16. The van der Waals surface area contributed by atoms with E-state index in [-0.39, 0.29) is 16.3 Å². The molecule has 0 saturated heterocycles. The summed E-state index contributed by atoms with van der Waals surface area (Å²) in [5.41, 5.74) is 3.84. The molecule has 0 bridgehead atoms. The van der Waals surface area contributed by atoms with Crippen LogP contribution in [0.4, 0.5) is 14.5 Å². The van der Waals surface area contributed by atoms with Gasteiger partial charge in [-0.25, -0.2) is 18.6 Å². The highest BCUT2D eigenvalue weighted by Gasteiger charge is 2.26. The second-order valence-electron chi connectivity index (χ2n) is 5.25. The van der Waals surface area contributed by atoms with Crippen molar-refractivity contribution in [3.05, 3.63) is 39.5 Å². The number of pyridine rings is 1. The smallest absolute Gasteiger partial charge is 0.358 e. The summed E-state index contributed by atoms with van der Waals surface area (Å²) >= 11 is 11.7. The number of nitrogens with two attached hydrogens (primary N) is 1. The van der Waals surface area contributed by atoms with E-state index in [0.717, 1.165) is 0 Å². The lowest BCUT2D eigenvalue weighted by molar-refractivity contribution is 0.0371. The zero-order valence-corrected chi connectivity index (χ0v) is 15.0. The second kappa shape index (κ2) is 7.41. The van der Waals surface area contributed by atoms with Crippen molar-refractivity contribution in [1.82, 2.24) is 4.98 Å². The highest BCUT2D eigenvalue weighted by atomic mass is 35.5. The summed E-state index contributed by atoms with van der Waals surface area (Å²) in [6.45, 7) is 3.23. The number of carbonyl (C=O) groups excluding carboxylic acids is 1. The van der Waals surface area contributed by atoms with Gasteiger partial charge in [-0.2, -0.15) is 0 Å². The standard InChI is InChI=1S/C16H14Cl2F2N2O3/c1-6(2)25-16(23)14-9(18)12(21)11(20)13(22-14)7-4-5-8(17)15(24-3)10(7)19/h4-6H,1-3H3,(H2,21,22). The molecule has 5 nitrogen and oxygen atoms in total. The molecule has 0 saturated carbocycles. The Morgan fingerprint density at radius 2 is 1.88 bits per heavy atom. The summed E-state index contributed by atoms with van der Waals surface area (Å²) in [4.78, 5) is 15.9. The number of aromatic nitrogens is 1. The average Bonchev–Trinajstić information content (AvgIpc) is 2.53. The van der Waals surface area contributed by atoms with Crippen molar-refractivity contribution < 1.29 is 23.0 Å². The van der Waals surface area contributed by atoms with E-state index < -0.39 is 45.8 Å². The molecule has 2 N–H and O–H groups in total. The van der Waals surface area contributed by atoms with Crippen molar-refractivity contribution in [3.63, 3.8) is 0 Å². The van der Waals surface area contributed by atoms with Crippen molar-refractivity contribution in [3.8, 4) is 17.0 Å². The summed E-state index contributed by atoms with van der Waals surface area (Å²) in [7, 11) is 1.21. The molecular weight excluding hydrogens is 377 g/mol. The molecule has 134 valence electrons. The molecule has 0 aliphatic carbocycles. The summed E-state index contributed by atoms with van der Waals surface area (Å²) < 4.78 is 38.9. The van der Waals surface area contributed by atoms with Crippen molar-refractivity contribution in [2.45, 2.75) is 20.0 Å². The molecule has 0 unspecified atom stereocenters. The maximum absolute atomic E-state index is 14.6. The van der Waals surface area contributed by atoms with E-state index in [4.69, 9.17) is 38.4 Å². The molecular formula is C16H14Cl2F2N2O3. The van der Waals surface area contributed by atoms with E-state index in [0.29, 0.717) is 0 Å². The van der Waals surface area contributed by atoms with E-state index in [9.17, 15) is 13.6 Å². The fourth-order valence-electron chi connectivity index (χ4n) is 2.05. The Bertz CT molecular complexity index is 845. The predicted molar refractivity (Wildman–Crippen MR) is 91.1 cm³/mol. The van der Waals surface area contributed by atoms with Gasteiger partial charge in [0.15, 0.2) is 23.1 Å². The largest absolute Gasteiger partial charge is 0.492 e. The molecule has 1 aromatic carbocycles. The highest BCUT2D eigenvalue weighted by Crippen LogP contribution is 2.38. The molecule has 1 aromatic heterocycles. The Morgan fingerprint density at radius 1 is 1.24 bits per heavy atom. The van der Waals surface area contributed by atoms with Gasteiger partial charge in [0.05, 0.1) is 28.9 Å². The van der Waals surface area contributed by atoms with Gasteiger partial charge in [-0.05, 0) is 26.0 Å². The Hall–Kier alpha value is -2.12. The Kier molecular flexibility index (Phi) is 5.69. The number of nitrogen functional groups attached to an aromatic ring is 1. The first-order valence-corrected chi connectivity index (χ1v) is 7.82. The Labute approximate surface area is 152 Å². The lowest BCUT2D eigenvalue weighted by Gasteiger charge is -2.14. The fourth-order valence-corrected chi connectivity index (χ4v) is 2.47. The van der Waals surface area contributed by atoms with Crippen LogP contribution in [-0.4, -0.2) is 24.2 Å². The number of esters is 1. The molecule has 25 heavy (non-hydrogen) atoms. The number of rotatable bonds is 4. The number of hydrogen-bond donors (Lipinski definition) is 1. The molecule has 0 radical (unpaired) electrons. The number of ether oxygens (including phenoxy) is 2. The molecule has 9 heteroatoms. The van der Waals surface area contributed by atoms with Gasteiger partial charge in [-0.15, -0.1) is 0 Å².